The monoisotopic (exact) mass is 344 g/mol. The second-order valence-corrected chi connectivity index (χ2v) is 7.00. The Bertz CT molecular complexity index is 400. The van der Waals surface area contributed by atoms with Crippen molar-refractivity contribution in [2.45, 2.75) is 51.1 Å². The average Bonchev–Trinajstić information content (AvgIpc) is 2.63. The molecular weight excluding hydrogens is 324 g/mol. The van der Waals surface area contributed by atoms with Crippen LogP contribution in [0.5, 0.6) is 0 Å². The zero-order chi connectivity index (χ0) is 13.5. The lowest BCUT2D eigenvalue weighted by Crippen LogP contribution is -2.40. The summed E-state index contributed by atoms with van der Waals surface area (Å²) in [5.74, 6) is 0.127. The molecule has 0 spiro atoms. The molecule has 0 aromatic carbocycles. The van der Waals surface area contributed by atoms with Crippen LogP contribution in [0.1, 0.15) is 43.4 Å². The van der Waals surface area contributed by atoms with Gasteiger partial charge in [-0.15, -0.1) is 11.3 Å². The summed E-state index contributed by atoms with van der Waals surface area (Å²) in [5.41, 5.74) is 0. The van der Waals surface area contributed by atoms with Crippen molar-refractivity contribution >= 4 is 33.2 Å². The summed E-state index contributed by atoms with van der Waals surface area (Å²) < 4.78 is 1.11. The summed E-state index contributed by atoms with van der Waals surface area (Å²) in [4.78, 5) is 13.1. The first-order valence-electron chi connectivity index (χ1n) is 6.97. The van der Waals surface area contributed by atoms with E-state index >= 15 is 0 Å². The lowest BCUT2D eigenvalue weighted by molar-refractivity contribution is -0.121. The summed E-state index contributed by atoms with van der Waals surface area (Å²) in [6.45, 7) is 1.17. The van der Waals surface area contributed by atoms with Crippen molar-refractivity contribution in [2.75, 3.05) is 6.54 Å². The third-order valence-electron chi connectivity index (χ3n) is 3.43. The Balaban J connectivity index is 1.63. The van der Waals surface area contributed by atoms with E-state index in [0.29, 0.717) is 12.6 Å². The van der Waals surface area contributed by atoms with Gasteiger partial charge in [-0.1, -0.05) is 25.7 Å². The van der Waals surface area contributed by atoms with E-state index in [2.05, 4.69) is 38.0 Å². The molecule has 0 unspecified atom stereocenters. The van der Waals surface area contributed by atoms with Gasteiger partial charge in [0.25, 0.3) is 0 Å². The zero-order valence-corrected chi connectivity index (χ0v) is 13.5. The number of thiophene rings is 1. The molecule has 0 atom stereocenters. The number of rotatable bonds is 5. The summed E-state index contributed by atoms with van der Waals surface area (Å²) in [7, 11) is 0. The molecule has 0 bridgehead atoms. The van der Waals surface area contributed by atoms with Gasteiger partial charge in [-0.25, -0.2) is 0 Å². The molecule has 1 aliphatic rings. The largest absolute Gasteiger partial charge is 0.352 e. The van der Waals surface area contributed by atoms with Crippen molar-refractivity contribution in [3.8, 4) is 0 Å². The van der Waals surface area contributed by atoms with Gasteiger partial charge in [0.05, 0.1) is 6.54 Å². The van der Waals surface area contributed by atoms with Crippen LogP contribution in [-0.2, 0) is 11.3 Å². The Labute approximate surface area is 127 Å². The highest BCUT2D eigenvalue weighted by atomic mass is 79.9. The van der Waals surface area contributed by atoms with Crippen LogP contribution < -0.4 is 10.6 Å². The van der Waals surface area contributed by atoms with Gasteiger partial charge < -0.3 is 10.6 Å². The smallest absolute Gasteiger partial charge is 0.234 e. The highest BCUT2D eigenvalue weighted by molar-refractivity contribution is 9.10. The topological polar surface area (TPSA) is 41.1 Å². The van der Waals surface area contributed by atoms with Crippen LogP contribution in [0.25, 0.3) is 0 Å². The molecule has 1 heterocycles. The molecule has 3 nitrogen and oxygen atoms in total. The Kier molecular flexibility index (Phi) is 6.34. The molecule has 5 heteroatoms. The van der Waals surface area contributed by atoms with Gasteiger partial charge in [0.1, 0.15) is 0 Å². The van der Waals surface area contributed by atoms with Gasteiger partial charge in [-0.2, -0.15) is 0 Å². The van der Waals surface area contributed by atoms with Crippen LogP contribution in [0.15, 0.2) is 15.9 Å². The highest BCUT2D eigenvalue weighted by Gasteiger charge is 2.14. The summed E-state index contributed by atoms with van der Waals surface area (Å²) in [6.07, 6.45) is 7.42. The van der Waals surface area contributed by atoms with E-state index in [9.17, 15) is 4.79 Å². The van der Waals surface area contributed by atoms with Crippen LogP contribution >= 0.6 is 27.3 Å². The summed E-state index contributed by atoms with van der Waals surface area (Å²) in [6, 6.07) is 2.48. The maximum Gasteiger partial charge on any atom is 0.234 e. The summed E-state index contributed by atoms with van der Waals surface area (Å²) in [5, 5.41) is 8.40. The van der Waals surface area contributed by atoms with Crippen molar-refractivity contribution in [1.82, 2.24) is 10.6 Å². The predicted molar refractivity (Wildman–Crippen MR) is 83.4 cm³/mol. The SMILES string of the molecule is O=C(CNCc1cc(Br)cs1)NC1CCCCCC1. The van der Waals surface area contributed by atoms with Gasteiger partial charge in [-0.3, -0.25) is 4.79 Å². The zero-order valence-electron chi connectivity index (χ0n) is 11.1. The lowest BCUT2D eigenvalue weighted by atomic mass is 10.1. The second kappa shape index (κ2) is 8.02. The van der Waals surface area contributed by atoms with Gasteiger partial charge in [0, 0.05) is 27.3 Å². The molecule has 0 radical (unpaired) electrons. The minimum absolute atomic E-state index is 0.127. The third kappa shape index (κ3) is 5.63. The molecule has 1 aliphatic carbocycles. The van der Waals surface area contributed by atoms with Crippen LogP contribution in [0, 0.1) is 0 Å². The third-order valence-corrected chi connectivity index (χ3v) is 5.12. The number of hydrogen-bond acceptors (Lipinski definition) is 3. The van der Waals surface area contributed by atoms with Crippen LogP contribution in [0.3, 0.4) is 0 Å². The molecule has 1 aromatic heterocycles. The molecule has 0 saturated heterocycles. The standard InChI is InChI=1S/C14H21BrN2OS/c15-11-7-13(19-10-11)8-16-9-14(18)17-12-5-3-1-2-4-6-12/h7,10,12,16H,1-6,8-9H2,(H,17,18). The van der Waals surface area contributed by atoms with Gasteiger partial charge in [0.2, 0.25) is 5.91 Å². The normalized spacial score (nSPS) is 17.1. The fraction of sp³-hybridized carbons (Fsp3) is 0.643. The van der Waals surface area contributed by atoms with Crippen molar-refractivity contribution in [3.63, 3.8) is 0 Å². The molecule has 1 saturated carbocycles. The second-order valence-electron chi connectivity index (χ2n) is 5.09. The maximum absolute atomic E-state index is 11.8. The number of amides is 1. The Morgan fingerprint density at radius 2 is 2.05 bits per heavy atom. The Hall–Kier alpha value is -0.390. The van der Waals surface area contributed by atoms with Crippen molar-refractivity contribution < 1.29 is 4.79 Å². The van der Waals surface area contributed by atoms with E-state index in [4.69, 9.17) is 0 Å². The summed E-state index contributed by atoms with van der Waals surface area (Å²) >= 11 is 5.13. The minimum Gasteiger partial charge on any atom is -0.352 e. The van der Waals surface area contributed by atoms with Crippen molar-refractivity contribution in [2.24, 2.45) is 0 Å². The van der Waals surface area contributed by atoms with E-state index in [1.165, 1.54) is 30.6 Å². The van der Waals surface area contributed by atoms with E-state index in [-0.39, 0.29) is 5.91 Å². The quantitative estimate of drug-likeness (QED) is 0.803. The van der Waals surface area contributed by atoms with Gasteiger partial charge in [0.15, 0.2) is 0 Å². The number of carbonyl (C=O) groups is 1. The first-order chi connectivity index (χ1) is 9.24. The van der Waals surface area contributed by atoms with Crippen LogP contribution in [-0.4, -0.2) is 18.5 Å². The molecule has 2 rings (SSSR count). The molecular formula is C14H21BrN2OS. The van der Waals surface area contributed by atoms with Gasteiger partial charge in [-0.05, 0) is 34.8 Å². The van der Waals surface area contributed by atoms with E-state index in [1.54, 1.807) is 11.3 Å². The van der Waals surface area contributed by atoms with E-state index in [0.717, 1.165) is 23.9 Å². The number of nitrogens with one attached hydrogen (secondary N) is 2. The molecule has 0 aliphatic heterocycles. The molecule has 1 aromatic rings. The van der Waals surface area contributed by atoms with Crippen molar-refractivity contribution in [1.29, 1.82) is 0 Å². The van der Waals surface area contributed by atoms with Crippen molar-refractivity contribution in [3.05, 3.63) is 20.8 Å². The Morgan fingerprint density at radius 3 is 2.68 bits per heavy atom. The molecule has 1 fully saturated rings. The Morgan fingerprint density at radius 1 is 1.32 bits per heavy atom. The first kappa shape index (κ1) is 15.0. The highest BCUT2D eigenvalue weighted by Crippen LogP contribution is 2.19. The van der Waals surface area contributed by atoms with Crippen LogP contribution in [0.2, 0.25) is 0 Å². The van der Waals surface area contributed by atoms with E-state index in [1.807, 2.05) is 0 Å². The van der Waals surface area contributed by atoms with E-state index < -0.39 is 0 Å². The minimum atomic E-state index is 0.127. The first-order valence-corrected chi connectivity index (χ1v) is 8.64. The van der Waals surface area contributed by atoms with Crippen LogP contribution in [0.4, 0.5) is 0 Å². The fourth-order valence-electron chi connectivity index (χ4n) is 2.45. The average molecular weight is 345 g/mol. The predicted octanol–water partition coefficient (Wildman–Crippen LogP) is 3.44. The molecule has 2 N–H and O–H groups in total. The fourth-order valence-corrected chi connectivity index (χ4v) is 3.87. The maximum atomic E-state index is 11.8. The lowest BCUT2D eigenvalue weighted by Gasteiger charge is -2.16. The molecule has 1 amide bonds. The number of hydrogen-bond donors (Lipinski definition) is 2. The van der Waals surface area contributed by atoms with Gasteiger partial charge >= 0.3 is 0 Å². The number of carbonyl (C=O) groups excluding carboxylic acids is 1. The molecule has 106 valence electrons. The molecule has 19 heavy (non-hydrogen) atoms. The number of halogens is 1.